The molecule has 4 aromatic rings. The lowest BCUT2D eigenvalue weighted by molar-refractivity contribution is 0.0998. The van der Waals surface area contributed by atoms with Crippen LogP contribution in [0.5, 0.6) is 5.75 Å². The molecule has 2 aromatic carbocycles. The first-order chi connectivity index (χ1) is 12.5. The summed E-state index contributed by atoms with van der Waals surface area (Å²) in [4.78, 5) is 17.0. The largest absolute Gasteiger partial charge is 0.494 e. The first kappa shape index (κ1) is 16.5. The number of aromatic nitrogens is 1. The van der Waals surface area contributed by atoms with Gasteiger partial charge in [-0.1, -0.05) is 11.3 Å². The molecule has 5 nitrogen and oxygen atoms in total. The van der Waals surface area contributed by atoms with Gasteiger partial charge in [0.05, 0.1) is 16.8 Å². The Bertz CT molecular complexity index is 1130. The van der Waals surface area contributed by atoms with Crippen LogP contribution in [-0.4, -0.2) is 17.5 Å². The van der Waals surface area contributed by atoms with Gasteiger partial charge in [0.1, 0.15) is 17.1 Å². The van der Waals surface area contributed by atoms with E-state index < -0.39 is 5.91 Å². The molecule has 2 heterocycles. The molecular formula is C19H15FN2O3S. The van der Waals surface area contributed by atoms with Crippen LogP contribution in [0.4, 0.5) is 9.52 Å². The number of amides is 1. The lowest BCUT2D eigenvalue weighted by Crippen LogP contribution is -2.11. The smallest absolute Gasteiger partial charge is 0.293 e. The van der Waals surface area contributed by atoms with E-state index in [0.29, 0.717) is 28.3 Å². The fourth-order valence-corrected chi connectivity index (χ4v) is 3.67. The molecule has 0 unspecified atom stereocenters. The summed E-state index contributed by atoms with van der Waals surface area (Å²) < 4.78 is 25.4. The number of hydrogen-bond acceptors (Lipinski definition) is 5. The molecule has 26 heavy (non-hydrogen) atoms. The van der Waals surface area contributed by atoms with E-state index in [1.165, 1.54) is 29.5 Å². The highest BCUT2D eigenvalue weighted by atomic mass is 32.1. The predicted octanol–water partition coefficient (Wildman–Crippen LogP) is 5.14. The third kappa shape index (κ3) is 2.90. The molecule has 0 fully saturated rings. The van der Waals surface area contributed by atoms with E-state index in [9.17, 15) is 9.18 Å². The van der Waals surface area contributed by atoms with Gasteiger partial charge in [-0.15, -0.1) is 0 Å². The Hall–Kier alpha value is -2.93. The first-order valence-corrected chi connectivity index (χ1v) is 8.90. The van der Waals surface area contributed by atoms with Crippen molar-refractivity contribution in [3.8, 4) is 5.75 Å². The van der Waals surface area contributed by atoms with Gasteiger partial charge in [-0.25, -0.2) is 9.37 Å². The van der Waals surface area contributed by atoms with Crippen LogP contribution in [0.2, 0.25) is 0 Å². The summed E-state index contributed by atoms with van der Waals surface area (Å²) in [6.45, 7) is 4.23. The Labute approximate surface area is 152 Å². The Morgan fingerprint density at radius 3 is 2.96 bits per heavy atom. The minimum Gasteiger partial charge on any atom is -0.494 e. The molecule has 0 radical (unpaired) electrons. The van der Waals surface area contributed by atoms with Gasteiger partial charge in [0.25, 0.3) is 5.91 Å². The summed E-state index contributed by atoms with van der Waals surface area (Å²) >= 11 is 1.35. The number of thiazole rings is 1. The monoisotopic (exact) mass is 370 g/mol. The zero-order chi connectivity index (χ0) is 18.3. The normalized spacial score (nSPS) is 11.2. The quantitative estimate of drug-likeness (QED) is 0.540. The van der Waals surface area contributed by atoms with Gasteiger partial charge in [-0.2, -0.15) is 0 Å². The number of halogens is 1. The molecule has 0 aliphatic rings. The van der Waals surface area contributed by atoms with Crippen molar-refractivity contribution >= 4 is 43.6 Å². The van der Waals surface area contributed by atoms with E-state index in [2.05, 4.69) is 10.3 Å². The molecule has 0 saturated carbocycles. The highest BCUT2D eigenvalue weighted by Crippen LogP contribution is 2.31. The van der Waals surface area contributed by atoms with Gasteiger partial charge in [0, 0.05) is 10.9 Å². The van der Waals surface area contributed by atoms with Crippen molar-refractivity contribution in [2.24, 2.45) is 0 Å². The van der Waals surface area contributed by atoms with Gasteiger partial charge in [-0.05, 0) is 50.2 Å². The highest BCUT2D eigenvalue weighted by molar-refractivity contribution is 7.22. The minimum absolute atomic E-state index is 0.153. The van der Waals surface area contributed by atoms with Gasteiger partial charge < -0.3 is 9.15 Å². The summed E-state index contributed by atoms with van der Waals surface area (Å²) in [5, 5.41) is 3.80. The summed E-state index contributed by atoms with van der Waals surface area (Å²) in [7, 11) is 0. The van der Waals surface area contributed by atoms with E-state index in [1.54, 1.807) is 6.92 Å². The van der Waals surface area contributed by atoms with Crippen LogP contribution >= 0.6 is 11.3 Å². The predicted molar refractivity (Wildman–Crippen MR) is 99.7 cm³/mol. The third-order valence-electron chi connectivity index (χ3n) is 4.00. The molecule has 0 aliphatic carbocycles. The summed E-state index contributed by atoms with van der Waals surface area (Å²) in [5.74, 6) is 0.129. The zero-order valence-corrected chi connectivity index (χ0v) is 14.9. The van der Waals surface area contributed by atoms with E-state index in [-0.39, 0.29) is 11.6 Å². The molecule has 4 rings (SSSR count). The molecule has 1 N–H and O–H groups in total. The van der Waals surface area contributed by atoms with Gasteiger partial charge in [0.15, 0.2) is 10.9 Å². The fraction of sp³-hybridized carbons (Fsp3) is 0.158. The van der Waals surface area contributed by atoms with E-state index in [4.69, 9.17) is 9.15 Å². The SMILES string of the molecule is CCOc1ccc2nc(NC(=O)c3oc4ccc(F)cc4c3C)sc2c1. The molecule has 1 amide bonds. The van der Waals surface area contributed by atoms with Gasteiger partial charge in [0.2, 0.25) is 0 Å². The van der Waals surface area contributed by atoms with Crippen LogP contribution in [0.15, 0.2) is 40.8 Å². The Kier molecular flexibility index (Phi) is 4.08. The number of hydrogen-bond donors (Lipinski definition) is 1. The molecule has 0 atom stereocenters. The van der Waals surface area contributed by atoms with Crippen LogP contribution in [0.1, 0.15) is 23.0 Å². The second-order valence-corrected chi connectivity index (χ2v) is 6.76. The van der Waals surface area contributed by atoms with Crippen molar-refractivity contribution in [1.29, 1.82) is 0 Å². The summed E-state index contributed by atoms with van der Waals surface area (Å²) in [6, 6.07) is 9.76. The molecular weight excluding hydrogens is 355 g/mol. The summed E-state index contributed by atoms with van der Waals surface area (Å²) in [6.07, 6.45) is 0. The minimum atomic E-state index is -0.414. The fourth-order valence-electron chi connectivity index (χ4n) is 2.78. The topological polar surface area (TPSA) is 64.4 Å². The van der Waals surface area contributed by atoms with Crippen molar-refractivity contribution < 1.29 is 18.3 Å². The molecule has 0 bridgehead atoms. The molecule has 132 valence electrons. The average Bonchev–Trinajstić information content (AvgIpc) is 3.15. The number of carbonyl (C=O) groups excluding carboxylic acids is 1. The molecule has 0 aliphatic heterocycles. The number of fused-ring (bicyclic) bond motifs is 2. The van der Waals surface area contributed by atoms with Gasteiger partial charge >= 0.3 is 0 Å². The number of benzene rings is 2. The van der Waals surface area contributed by atoms with Gasteiger partial charge in [-0.3, -0.25) is 10.1 Å². The van der Waals surface area contributed by atoms with Crippen LogP contribution < -0.4 is 10.1 Å². The molecule has 2 aromatic heterocycles. The van der Waals surface area contributed by atoms with Crippen molar-refractivity contribution in [3.05, 3.63) is 53.5 Å². The zero-order valence-electron chi connectivity index (χ0n) is 14.1. The van der Waals surface area contributed by atoms with E-state index in [1.807, 2.05) is 25.1 Å². The van der Waals surface area contributed by atoms with Crippen LogP contribution in [0, 0.1) is 12.7 Å². The number of anilines is 1. The molecule has 7 heteroatoms. The number of nitrogens with one attached hydrogen (secondary N) is 1. The summed E-state index contributed by atoms with van der Waals surface area (Å²) in [5.41, 5.74) is 1.84. The van der Waals surface area contributed by atoms with Crippen molar-refractivity contribution in [2.75, 3.05) is 11.9 Å². The standard InChI is InChI=1S/C19H15FN2O3S/c1-3-24-12-5-6-14-16(9-12)26-19(21-14)22-18(23)17-10(2)13-8-11(20)4-7-15(13)25-17/h4-9H,3H2,1-2H3,(H,21,22,23). The lowest BCUT2D eigenvalue weighted by atomic mass is 10.1. The number of carbonyl (C=O) groups is 1. The number of aryl methyl sites for hydroxylation is 1. The van der Waals surface area contributed by atoms with Crippen molar-refractivity contribution in [2.45, 2.75) is 13.8 Å². The van der Waals surface area contributed by atoms with Crippen molar-refractivity contribution in [1.82, 2.24) is 4.98 Å². The average molecular weight is 370 g/mol. The maximum absolute atomic E-state index is 13.4. The molecule has 0 saturated heterocycles. The Morgan fingerprint density at radius 2 is 2.15 bits per heavy atom. The van der Waals surface area contributed by atoms with Crippen molar-refractivity contribution in [3.63, 3.8) is 0 Å². The maximum atomic E-state index is 13.4. The highest BCUT2D eigenvalue weighted by Gasteiger charge is 2.19. The van der Waals surface area contributed by atoms with Crippen LogP contribution in [-0.2, 0) is 0 Å². The van der Waals surface area contributed by atoms with E-state index in [0.717, 1.165) is 16.0 Å². The Morgan fingerprint density at radius 1 is 1.31 bits per heavy atom. The molecule has 0 spiro atoms. The number of rotatable bonds is 4. The second-order valence-electron chi connectivity index (χ2n) is 5.73. The van der Waals surface area contributed by atoms with E-state index >= 15 is 0 Å². The number of furan rings is 1. The third-order valence-corrected chi connectivity index (χ3v) is 4.93. The van der Waals surface area contributed by atoms with Crippen LogP contribution in [0.25, 0.3) is 21.2 Å². The Balaban J connectivity index is 1.63. The number of nitrogens with zero attached hydrogens (tertiary/aromatic N) is 1. The number of ether oxygens (including phenoxy) is 1. The first-order valence-electron chi connectivity index (χ1n) is 8.08. The second kappa shape index (κ2) is 6.42. The maximum Gasteiger partial charge on any atom is 0.293 e. The van der Waals surface area contributed by atoms with Crippen LogP contribution in [0.3, 0.4) is 0 Å². The lowest BCUT2D eigenvalue weighted by Gasteiger charge is -2.00.